The van der Waals surface area contributed by atoms with Crippen LogP contribution in [0.25, 0.3) is 11.4 Å². The summed E-state index contributed by atoms with van der Waals surface area (Å²) in [5.74, 6) is 1.42. The lowest BCUT2D eigenvalue weighted by molar-refractivity contribution is 0.0625. The molecule has 2 aromatic rings. The van der Waals surface area contributed by atoms with Gasteiger partial charge in [-0.05, 0) is 25.0 Å². The first kappa shape index (κ1) is 9.47. The van der Waals surface area contributed by atoms with Gasteiger partial charge < -0.3 is 9.63 Å². The normalized spacial score (nSPS) is 24.1. The zero-order valence-corrected chi connectivity index (χ0v) is 8.58. The molecule has 0 aliphatic heterocycles. The van der Waals surface area contributed by atoms with Crippen LogP contribution in [0.2, 0.25) is 0 Å². The Labute approximate surface area is 92.1 Å². The molecule has 82 valence electrons. The van der Waals surface area contributed by atoms with Crippen LogP contribution in [0.5, 0.6) is 0 Å². The third-order valence-corrected chi connectivity index (χ3v) is 2.84. The van der Waals surface area contributed by atoms with Crippen molar-refractivity contribution in [3.05, 3.63) is 30.4 Å². The topological polar surface area (TPSA) is 72.0 Å². The van der Waals surface area contributed by atoms with Crippen LogP contribution in [0, 0.1) is 0 Å². The van der Waals surface area contributed by atoms with E-state index >= 15 is 0 Å². The van der Waals surface area contributed by atoms with Crippen molar-refractivity contribution >= 4 is 0 Å². The smallest absolute Gasteiger partial charge is 0.230 e. The van der Waals surface area contributed by atoms with Gasteiger partial charge in [-0.1, -0.05) is 5.16 Å². The maximum atomic E-state index is 9.21. The van der Waals surface area contributed by atoms with Crippen molar-refractivity contribution in [1.29, 1.82) is 0 Å². The Morgan fingerprint density at radius 2 is 2.00 bits per heavy atom. The Morgan fingerprint density at radius 3 is 2.69 bits per heavy atom. The number of aliphatic hydroxyl groups is 1. The largest absolute Gasteiger partial charge is 0.393 e. The van der Waals surface area contributed by atoms with Crippen molar-refractivity contribution < 1.29 is 9.63 Å². The average molecular weight is 217 g/mol. The van der Waals surface area contributed by atoms with Gasteiger partial charge in [-0.25, -0.2) is 0 Å². The number of nitrogens with zero attached hydrogens (tertiary/aromatic N) is 3. The van der Waals surface area contributed by atoms with E-state index in [0.29, 0.717) is 11.7 Å². The highest BCUT2D eigenvalue weighted by Gasteiger charge is 2.33. The number of hydrogen-bond acceptors (Lipinski definition) is 5. The highest BCUT2D eigenvalue weighted by molar-refractivity contribution is 5.52. The molecule has 0 radical (unpaired) electrons. The predicted molar refractivity (Wildman–Crippen MR) is 55.5 cm³/mol. The van der Waals surface area contributed by atoms with Crippen molar-refractivity contribution in [2.45, 2.75) is 24.9 Å². The molecule has 1 aliphatic rings. The van der Waals surface area contributed by atoms with Gasteiger partial charge in [0.2, 0.25) is 11.7 Å². The number of hydrogen-bond donors (Lipinski definition) is 1. The maximum Gasteiger partial charge on any atom is 0.230 e. The molecule has 1 aliphatic carbocycles. The van der Waals surface area contributed by atoms with Gasteiger partial charge in [0.05, 0.1) is 6.10 Å². The molecule has 16 heavy (non-hydrogen) atoms. The molecule has 0 saturated heterocycles. The first-order valence-electron chi connectivity index (χ1n) is 5.25. The number of rotatable bonds is 2. The fraction of sp³-hybridized carbons (Fsp3) is 0.364. The summed E-state index contributed by atoms with van der Waals surface area (Å²) in [6.07, 6.45) is 4.62. The third kappa shape index (κ3) is 1.59. The summed E-state index contributed by atoms with van der Waals surface area (Å²) in [7, 11) is 0. The number of aliphatic hydroxyl groups excluding tert-OH is 1. The minimum Gasteiger partial charge on any atom is -0.393 e. The first-order valence-corrected chi connectivity index (χ1v) is 5.25. The Morgan fingerprint density at radius 1 is 1.25 bits per heavy atom. The van der Waals surface area contributed by atoms with E-state index in [0.717, 1.165) is 18.4 Å². The van der Waals surface area contributed by atoms with Gasteiger partial charge in [-0.15, -0.1) is 0 Å². The molecule has 3 rings (SSSR count). The highest BCUT2D eigenvalue weighted by atomic mass is 16.5. The third-order valence-electron chi connectivity index (χ3n) is 2.84. The second-order valence-corrected chi connectivity index (χ2v) is 4.01. The summed E-state index contributed by atoms with van der Waals surface area (Å²) in [5.41, 5.74) is 0.893. The van der Waals surface area contributed by atoms with E-state index in [1.165, 1.54) is 0 Å². The minimum absolute atomic E-state index is 0.207. The average Bonchev–Trinajstić information content (AvgIpc) is 2.75. The van der Waals surface area contributed by atoms with E-state index < -0.39 is 0 Å². The molecular formula is C11H11N3O2. The fourth-order valence-corrected chi connectivity index (χ4v) is 1.81. The number of aromatic nitrogens is 3. The van der Waals surface area contributed by atoms with Gasteiger partial charge in [0.25, 0.3) is 0 Å². The van der Waals surface area contributed by atoms with Crippen molar-refractivity contribution in [2.24, 2.45) is 0 Å². The van der Waals surface area contributed by atoms with Crippen LogP contribution in [0.4, 0.5) is 0 Å². The summed E-state index contributed by atoms with van der Waals surface area (Å²) < 4.78 is 5.18. The summed E-state index contributed by atoms with van der Waals surface area (Å²) in [5, 5.41) is 13.1. The van der Waals surface area contributed by atoms with Gasteiger partial charge in [0.15, 0.2) is 0 Å². The Kier molecular flexibility index (Phi) is 2.18. The van der Waals surface area contributed by atoms with Gasteiger partial charge in [-0.2, -0.15) is 4.98 Å². The molecule has 1 fully saturated rings. The lowest BCUT2D eigenvalue weighted by Gasteiger charge is -2.27. The number of pyridine rings is 1. The fourth-order valence-electron chi connectivity index (χ4n) is 1.81. The van der Waals surface area contributed by atoms with Crippen LogP contribution in [-0.4, -0.2) is 26.3 Å². The molecule has 0 aromatic carbocycles. The standard InChI is InChI=1S/C11H11N3O2/c15-9-5-8(6-9)11-13-10(14-16-11)7-1-3-12-4-2-7/h1-4,8-9,15H,5-6H2. The Balaban J connectivity index is 1.83. The molecule has 0 atom stereocenters. The SMILES string of the molecule is OC1CC(c2nc(-c3ccncc3)no2)C1. The zero-order chi connectivity index (χ0) is 11.0. The van der Waals surface area contributed by atoms with Crippen molar-refractivity contribution in [1.82, 2.24) is 15.1 Å². The van der Waals surface area contributed by atoms with Crippen LogP contribution in [0.3, 0.4) is 0 Å². The van der Waals surface area contributed by atoms with E-state index in [1.807, 2.05) is 12.1 Å². The van der Waals surface area contributed by atoms with Gasteiger partial charge in [-0.3, -0.25) is 4.98 Å². The van der Waals surface area contributed by atoms with Gasteiger partial charge in [0, 0.05) is 23.9 Å². The molecule has 5 nitrogen and oxygen atoms in total. The van der Waals surface area contributed by atoms with Crippen molar-refractivity contribution in [3.8, 4) is 11.4 Å². The molecule has 0 amide bonds. The van der Waals surface area contributed by atoms with Gasteiger partial charge >= 0.3 is 0 Å². The molecule has 1 N–H and O–H groups in total. The molecule has 2 aromatic heterocycles. The Hall–Kier alpha value is -1.75. The molecule has 0 spiro atoms. The predicted octanol–water partition coefficient (Wildman–Crippen LogP) is 1.37. The highest BCUT2D eigenvalue weighted by Crippen LogP contribution is 2.36. The molecule has 2 heterocycles. The summed E-state index contributed by atoms with van der Waals surface area (Å²) >= 11 is 0. The lowest BCUT2D eigenvalue weighted by atomic mass is 9.82. The van der Waals surface area contributed by atoms with E-state index in [2.05, 4.69) is 15.1 Å². The summed E-state index contributed by atoms with van der Waals surface area (Å²) in [6.45, 7) is 0. The van der Waals surface area contributed by atoms with Crippen LogP contribution in [0.15, 0.2) is 29.0 Å². The zero-order valence-electron chi connectivity index (χ0n) is 8.58. The first-order chi connectivity index (χ1) is 7.83. The maximum absolute atomic E-state index is 9.21. The quantitative estimate of drug-likeness (QED) is 0.822. The van der Waals surface area contributed by atoms with Crippen molar-refractivity contribution in [3.63, 3.8) is 0 Å². The second kappa shape index (κ2) is 3.68. The van der Waals surface area contributed by atoms with Crippen LogP contribution in [-0.2, 0) is 0 Å². The molecule has 5 heteroatoms. The molecular weight excluding hydrogens is 206 g/mol. The lowest BCUT2D eigenvalue weighted by Crippen LogP contribution is -2.26. The minimum atomic E-state index is -0.207. The molecule has 1 saturated carbocycles. The molecule has 0 bridgehead atoms. The molecule has 0 unspecified atom stereocenters. The van der Waals surface area contributed by atoms with Crippen LogP contribution in [0.1, 0.15) is 24.7 Å². The van der Waals surface area contributed by atoms with E-state index in [4.69, 9.17) is 4.52 Å². The van der Waals surface area contributed by atoms with Crippen LogP contribution >= 0.6 is 0 Å². The summed E-state index contributed by atoms with van der Waals surface area (Å²) in [6, 6.07) is 3.68. The van der Waals surface area contributed by atoms with E-state index in [-0.39, 0.29) is 12.0 Å². The Bertz CT molecular complexity index is 477. The summed E-state index contributed by atoms with van der Waals surface area (Å²) in [4.78, 5) is 8.25. The monoisotopic (exact) mass is 217 g/mol. The van der Waals surface area contributed by atoms with E-state index in [9.17, 15) is 5.11 Å². The second-order valence-electron chi connectivity index (χ2n) is 4.01. The van der Waals surface area contributed by atoms with E-state index in [1.54, 1.807) is 12.4 Å². The van der Waals surface area contributed by atoms with Crippen LogP contribution < -0.4 is 0 Å². The van der Waals surface area contributed by atoms with Gasteiger partial charge in [0.1, 0.15) is 0 Å². The van der Waals surface area contributed by atoms with Crippen molar-refractivity contribution in [2.75, 3.05) is 0 Å².